The molecule has 2 amide bonds. The molecule has 1 aromatic heterocycles. The molecule has 5 heteroatoms. The average molecular weight is 211 g/mol. The van der Waals surface area contributed by atoms with Gasteiger partial charge in [-0.25, -0.2) is 9.17 Å². The van der Waals surface area contributed by atoms with Crippen molar-refractivity contribution in [1.82, 2.24) is 9.27 Å². The summed E-state index contributed by atoms with van der Waals surface area (Å²) in [6.07, 6.45) is 4.99. The van der Waals surface area contributed by atoms with E-state index in [1.165, 1.54) is 11.5 Å². The zero-order valence-electron chi connectivity index (χ0n) is 7.85. The number of hydrogen-bond donors (Lipinski definition) is 1. The Bertz CT molecular complexity index is 312. The molecule has 1 atom stereocenters. The Morgan fingerprint density at radius 2 is 2.50 bits per heavy atom. The van der Waals surface area contributed by atoms with Crippen LogP contribution in [0.2, 0.25) is 0 Å². The lowest BCUT2D eigenvalue weighted by atomic mass is 10.0. The highest BCUT2D eigenvalue weighted by molar-refractivity contribution is 7.05. The summed E-state index contributed by atoms with van der Waals surface area (Å²) in [4.78, 5) is 14.1. The number of hydrogen-bond acceptors (Lipinski definition) is 3. The average Bonchev–Trinajstić information content (AvgIpc) is 2.70. The van der Waals surface area contributed by atoms with Gasteiger partial charge in [-0.1, -0.05) is 0 Å². The van der Waals surface area contributed by atoms with Crippen molar-refractivity contribution >= 4 is 17.6 Å². The number of amides is 2. The normalized spacial score (nSPS) is 22.3. The summed E-state index contributed by atoms with van der Waals surface area (Å²) >= 11 is 1.45. The van der Waals surface area contributed by atoms with Crippen LogP contribution in [-0.4, -0.2) is 21.8 Å². The van der Waals surface area contributed by atoms with E-state index < -0.39 is 0 Å². The summed E-state index contributed by atoms with van der Waals surface area (Å²) in [5.74, 6) is 0. The number of rotatable bonds is 1. The first-order chi connectivity index (χ1) is 6.79. The van der Waals surface area contributed by atoms with E-state index in [4.69, 9.17) is 5.73 Å². The van der Waals surface area contributed by atoms with E-state index in [0.29, 0.717) is 0 Å². The van der Waals surface area contributed by atoms with Crippen LogP contribution in [0.5, 0.6) is 0 Å². The first kappa shape index (κ1) is 9.45. The second kappa shape index (κ2) is 3.96. The number of carbonyl (C=O) groups excluding carboxylic acids is 1. The maximum absolute atomic E-state index is 11.2. The lowest BCUT2D eigenvalue weighted by molar-refractivity contribution is 0.161. The number of likely N-dealkylation sites (tertiary alicyclic amines) is 1. The first-order valence-corrected chi connectivity index (χ1v) is 5.53. The first-order valence-electron chi connectivity index (χ1n) is 4.75. The number of urea groups is 1. The second-order valence-electron chi connectivity index (χ2n) is 3.46. The standard InChI is InChI=1S/C9H13N3OS/c10-9(13)12-6-2-1-3-7(12)8-4-5-11-14-8/h4-5,7H,1-3,6H2,(H2,10,13). The highest BCUT2D eigenvalue weighted by Crippen LogP contribution is 2.32. The Labute approximate surface area is 86.9 Å². The molecule has 1 unspecified atom stereocenters. The van der Waals surface area contributed by atoms with Gasteiger partial charge in [-0.05, 0) is 36.9 Å². The van der Waals surface area contributed by atoms with Gasteiger partial charge < -0.3 is 10.6 Å². The summed E-state index contributed by atoms with van der Waals surface area (Å²) < 4.78 is 4.05. The Morgan fingerprint density at radius 3 is 3.14 bits per heavy atom. The van der Waals surface area contributed by atoms with E-state index in [1.54, 1.807) is 11.1 Å². The van der Waals surface area contributed by atoms with Crippen molar-refractivity contribution in [2.75, 3.05) is 6.54 Å². The second-order valence-corrected chi connectivity index (χ2v) is 4.32. The van der Waals surface area contributed by atoms with Crippen LogP contribution in [0.4, 0.5) is 4.79 Å². The summed E-state index contributed by atoms with van der Waals surface area (Å²) in [7, 11) is 0. The van der Waals surface area contributed by atoms with Crippen molar-refractivity contribution in [1.29, 1.82) is 0 Å². The molecule has 0 aromatic carbocycles. The van der Waals surface area contributed by atoms with Crippen LogP contribution < -0.4 is 5.73 Å². The van der Waals surface area contributed by atoms with Crippen molar-refractivity contribution < 1.29 is 4.79 Å². The van der Waals surface area contributed by atoms with Gasteiger partial charge in [0.1, 0.15) is 0 Å². The van der Waals surface area contributed by atoms with Gasteiger partial charge in [-0.2, -0.15) is 0 Å². The van der Waals surface area contributed by atoms with Gasteiger partial charge in [0, 0.05) is 17.6 Å². The zero-order valence-corrected chi connectivity index (χ0v) is 8.67. The molecule has 0 bridgehead atoms. The highest BCUT2D eigenvalue weighted by atomic mass is 32.1. The molecule has 0 aliphatic carbocycles. The number of piperidine rings is 1. The number of carbonyl (C=O) groups is 1. The van der Waals surface area contributed by atoms with Gasteiger partial charge in [0.2, 0.25) is 0 Å². The number of primary amides is 1. The molecule has 4 nitrogen and oxygen atoms in total. The molecule has 2 N–H and O–H groups in total. The van der Waals surface area contributed by atoms with Gasteiger partial charge in [-0.3, -0.25) is 0 Å². The van der Waals surface area contributed by atoms with E-state index in [0.717, 1.165) is 30.7 Å². The lowest BCUT2D eigenvalue weighted by Crippen LogP contribution is -2.41. The van der Waals surface area contributed by atoms with Gasteiger partial charge in [0.05, 0.1) is 6.04 Å². The zero-order chi connectivity index (χ0) is 9.97. The Balaban J connectivity index is 2.18. The fraction of sp³-hybridized carbons (Fsp3) is 0.556. The van der Waals surface area contributed by atoms with Gasteiger partial charge in [0.25, 0.3) is 0 Å². The quantitative estimate of drug-likeness (QED) is 0.769. The predicted octanol–water partition coefficient (Wildman–Crippen LogP) is 1.75. The molecule has 1 aliphatic rings. The summed E-state index contributed by atoms with van der Waals surface area (Å²) in [6.45, 7) is 0.776. The molecule has 1 saturated heterocycles. The van der Waals surface area contributed by atoms with Crippen molar-refractivity contribution in [3.63, 3.8) is 0 Å². The molecule has 1 fully saturated rings. The fourth-order valence-corrected chi connectivity index (χ4v) is 2.62. The van der Waals surface area contributed by atoms with Gasteiger partial charge in [0.15, 0.2) is 0 Å². The number of nitrogens with zero attached hydrogens (tertiary/aromatic N) is 2. The number of aromatic nitrogens is 1. The fourth-order valence-electron chi connectivity index (χ4n) is 1.89. The SMILES string of the molecule is NC(=O)N1CCCCC1c1ccns1. The smallest absolute Gasteiger partial charge is 0.315 e. The third kappa shape index (κ3) is 1.72. The monoisotopic (exact) mass is 211 g/mol. The van der Waals surface area contributed by atoms with Crippen LogP contribution in [0.1, 0.15) is 30.2 Å². The van der Waals surface area contributed by atoms with Gasteiger partial charge in [-0.15, -0.1) is 0 Å². The molecular weight excluding hydrogens is 198 g/mol. The van der Waals surface area contributed by atoms with E-state index in [9.17, 15) is 4.79 Å². The molecule has 1 aliphatic heterocycles. The Kier molecular flexibility index (Phi) is 2.67. The van der Waals surface area contributed by atoms with E-state index in [1.807, 2.05) is 6.07 Å². The Hall–Kier alpha value is -1.10. The predicted molar refractivity (Wildman–Crippen MR) is 55.0 cm³/mol. The van der Waals surface area contributed by atoms with Crippen LogP contribution in [0, 0.1) is 0 Å². The third-order valence-electron chi connectivity index (χ3n) is 2.57. The van der Waals surface area contributed by atoms with E-state index in [2.05, 4.69) is 4.37 Å². The van der Waals surface area contributed by atoms with Crippen molar-refractivity contribution in [2.45, 2.75) is 25.3 Å². The van der Waals surface area contributed by atoms with Crippen molar-refractivity contribution in [3.8, 4) is 0 Å². The molecule has 2 heterocycles. The van der Waals surface area contributed by atoms with Crippen LogP contribution in [0.3, 0.4) is 0 Å². The molecule has 1 aromatic rings. The van der Waals surface area contributed by atoms with Crippen molar-refractivity contribution in [2.24, 2.45) is 5.73 Å². The lowest BCUT2D eigenvalue weighted by Gasteiger charge is -2.33. The molecule has 0 spiro atoms. The molecule has 0 saturated carbocycles. The summed E-state index contributed by atoms with van der Waals surface area (Å²) in [5, 5.41) is 0. The van der Waals surface area contributed by atoms with E-state index in [-0.39, 0.29) is 12.1 Å². The van der Waals surface area contributed by atoms with Crippen LogP contribution in [0.15, 0.2) is 12.3 Å². The minimum absolute atomic E-state index is 0.161. The Morgan fingerprint density at radius 1 is 1.64 bits per heavy atom. The highest BCUT2D eigenvalue weighted by Gasteiger charge is 2.27. The molecular formula is C9H13N3OS. The van der Waals surface area contributed by atoms with Crippen LogP contribution in [-0.2, 0) is 0 Å². The molecule has 2 rings (SSSR count). The number of nitrogens with two attached hydrogens (primary N) is 1. The summed E-state index contributed by atoms with van der Waals surface area (Å²) in [5.41, 5.74) is 5.33. The van der Waals surface area contributed by atoms with Gasteiger partial charge >= 0.3 is 6.03 Å². The molecule has 14 heavy (non-hydrogen) atoms. The van der Waals surface area contributed by atoms with Crippen molar-refractivity contribution in [3.05, 3.63) is 17.1 Å². The largest absolute Gasteiger partial charge is 0.351 e. The molecule has 76 valence electrons. The minimum atomic E-state index is -0.317. The van der Waals surface area contributed by atoms with Crippen LogP contribution >= 0.6 is 11.5 Å². The maximum atomic E-state index is 11.2. The minimum Gasteiger partial charge on any atom is -0.351 e. The molecule has 0 radical (unpaired) electrons. The topological polar surface area (TPSA) is 59.2 Å². The summed E-state index contributed by atoms with van der Waals surface area (Å²) in [6, 6.07) is 1.81. The third-order valence-corrected chi connectivity index (χ3v) is 3.42. The maximum Gasteiger partial charge on any atom is 0.315 e. The van der Waals surface area contributed by atoms with Crippen LogP contribution in [0.25, 0.3) is 0 Å². The van der Waals surface area contributed by atoms with E-state index >= 15 is 0 Å².